The first-order chi connectivity index (χ1) is 25.1. The fraction of sp³-hybridized carbons (Fsp3) is 0.400. The van der Waals surface area contributed by atoms with Gasteiger partial charge in [0.15, 0.2) is 46.0 Å². The van der Waals surface area contributed by atoms with Crippen LogP contribution in [0.4, 0.5) is 0 Å². The largest absolute Gasteiger partial charge is 0.504 e. The molecule has 0 saturated carbocycles. The van der Waals surface area contributed by atoms with Crippen LogP contribution >= 0.6 is 0 Å². The van der Waals surface area contributed by atoms with Crippen molar-refractivity contribution in [3.8, 4) is 46.0 Å². The van der Waals surface area contributed by atoms with Gasteiger partial charge < -0.3 is 49.6 Å². The third kappa shape index (κ3) is 10.8. The van der Waals surface area contributed by atoms with Gasteiger partial charge in [0.2, 0.25) is 0 Å². The number of phenols is 4. The Labute approximate surface area is 304 Å². The first-order valence-electron chi connectivity index (χ1n) is 17.0. The van der Waals surface area contributed by atoms with Crippen molar-refractivity contribution in [3.63, 3.8) is 0 Å². The highest BCUT2D eigenvalue weighted by Crippen LogP contribution is 2.34. The van der Waals surface area contributed by atoms with Crippen LogP contribution in [0.5, 0.6) is 46.0 Å². The monoisotopic (exact) mass is 722 g/mol. The molecule has 12 nitrogen and oxygen atoms in total. The molecule has 0 radical (unpaired) electrons. The van der Waals surface area contributed by atoms with E-state index in [2.05, 4.69) is 0 Å². The van der Waals surface area contributed by atoms with E-state index in [0.29, 0.717) is 48.7 Å². The Morgan fingerprint density at radius 3 is 0.885 bits per heavy atom. The predicted octanol–water partition coefficient (Wildman–Crippen LogP) is 5.21. The lowest BCUT2D eigenvalue weighted by Gasteiger charge is -2.28. The number of hydrogen-bond acceptors (Lipinski definition) is 12. The first-order valence-corrected chi connectivity index (χ1v) is 17.0. The van der Waals surface area contributed by atoms with Crippen LogP contribution in [0.25, 0.3) is 0 Å². The van der Waals surface area contributed by atoms with E-state index in [1.165, 1.54) is 28.4 Å². The van der Waals surface area contributed by atoms with E-state index in [9.17, 15) is 30.6 Å². The van der Waals surface area contributed by atoms with Crippen LogP contribution < -0.4 is 18.9 Å². The van der Waals surface area contributed by atoms with Gasteiger partial charge in [0, 0.05) is 13.2 Å². The second-order valence-electron chi connectivity index (χ2n) is 12.8. The van der Waals surface area contributed by atoms with Gasteiger partial charge in [-0.05, 0) is 120 Å². The van der Waals surface area contributed by atoms with Crippen LogP contribution in [0.15, 0.2) is 72.8 Å². The Bertz CT molecular complexity index is 1590. The molecule has 12 heteroatoms. The van der Waals surface area contributed by atoms with Crippen LogP contribution in [-0.4, -0.2) is 85.5 Å². The SMILES string of the molecule is COc1cc(C[C@H](CO)[C@@H](COOC[C@@H](Cc2ccc(O)c(OC)c2)[C@@H](CO)Cc2ccc(O)c(OC)c2)Cc2ccc(O)c(OC)c2)ccc1O. The molecule has 0 saturated heterocycles. The van der Waals surface area contributed by atoms with Crippen molar-refractivity contribution < 1.29 is 59.4 Å². The summed E-state index contributed by atoms with van der Waals surface area (Å²) in [7, 11) is 5.90. The molecule has 4 aromatic rings. The third-order valence-electron chi connectivity index (χ3n) is 9.42. The highest BCUT2D eigenvalue weighted by Gasteiger charge is 2.27. The molecule has 0 bridgehead atoms. The maximum Gasteiger partial charge on any atom is 0.160 e. The van der Waals surface area contributed by atoms with E-state index >= 15 is 0 Å². The molecule has 6 N–H and O–H groups in total. The highest BCUT2D eigenvalue weighted by atomic mass is 17.2. The Morgan fingerprint density at radius 1 is 0.404 bits per heavy atom. The lowest BCUT2D eigenvalue weighted by atomic mass is 9.83. The molecule has 4 aromatic carbocycles. The maximum absolute atomic E-state index is 10.6. The molecule has 4 atom stereocenters. The summed E-state index contributed by atoms with van der Waals surface area (Å²) < 4.78 is 21.2. The molecule has 0 heterocycles. The van der Waals surface area contributed by atoms with Gasteiger partial charge in [0.1, 0.15) is 0 Å². The lowest BCUT2D eigenvalue weighted by molar-refractivity contribution is -0.312. The summed E-state index contributed by atoms with van der Waals surface area (Å²) in [5.74, 6) is 0.237. The maximum atomic E-state index is 10.6. The molecule has 0 amide bonds. The van der Waals surface area contributed by atoms with E-state index in [4.69, 9.17) is 28.7 Å². The standard InChI is InChI=1S/C40H50O12/c1-47-37-17-25(5-9-33(37)43)13-29(21-41)31(15-27-7-11-35(45)39(19-27)49-3)23-51-52-24-32(16-28-8-12-36(46)40(20-28)50-4)30(22-42)14-26-6-10-34(44)38(18-26)48-2/h5-12,17-20,29-32,41-46H,13-16,21-24H2,1-4H3/t29-,30-,31-,32-/m1/s1. The third-order valence-corrected chi connectivity index (χ3v) is 9.42. The zero-order valence-electron chi connectivity index (χ0n) is 30.0. The smallest absolute Gasteiger partial charge is 0.160 e. The number of phenolic OH excluding ortho intramolecular Hbond substituents is 4. The molecule has 282 valence electrons. The molecule has 0 fully saturated rings. The minimum absolute atomic E-state index is 0.0127. The Balaban J connectivity index is 1.55. The molecule has 52 heavy (non-hydrogen) atoms. The normalized spacial score (nSPS) is 13.6. The average Bonchev–Trinajstić information content (AvgIpc) is 3.16. The van der Waals surface area contributed by atoms with E-state index in [1.807, 2.05) is 0 Å². The molecule has 0 aliphatic rings. The van der Waals surface area contributed by atoms with Crippen molar-refractivity contribution >= 4 is 0 Å². The van der Waals surface area contributed by atoms with Gasteiger partial charge in [-0.25, -0.2) is 9.78 Å². The summed E-state index contributed by atoms with van der Waals surface area (Å²) >= 11 is 0. The number of hydrogen-bond donors (Lipinski definition) is 6. The Kier molecular flexibility index (Phi) is 15.1. The Hall–Kier alpha value is -4.88. The van der Waals surface area contributed by atoms with E-state index in [-0.39, 0.29) is 73.1 Å². The van der Waals surface area contributed by atoms with Crippen LogP contribution in [0, 0.1) is 23.7 Å². The number of aliphatic hydroxyl groups excluding tert-OH is 2. The number of ether oxygens (including phenoxy) is 4. The average molecular weight is 723 g/mol. The quantitative estimate of drug-likeness (QED) is 0.0377. The van der Waals surface area contributed by atoms with Gasteiger partial charge in [-0.15, -0.1) is 0 Å². The summed E-state index contributed by atoms with van der Waals surface area (Å²) in [4.78, 5) is 11.8. The topological polar surface area (TPSA) is 177 Å². The number of rotatable bonds is 21. The van der Waals surface area contributed by atoms with Crippen molar-refractivity contribution in [3.05, 3.63) is 95.1 Å². The summed E-state index contributed by atoms with van der Waals surface area (Å²) in [5, 5.41) is 61.8. The van der Waals surface area contributed by atoms with Crippen molar-refractivity contribution in [2.75, 3.05) is 54.9 Å². The minimum atomic E-state index is -0.299. The summed E-state index contributed by atoms with van der Waals surface area (Å²) in [5.41, 5.74) is 3.41. The summed E-state index contributed by atoms with van der Waals surface area (Å²) in [6.45, 7) is -0.133. The number of aromatic hydroxyl groups is 4. The fourth-order valence-electron chi connectivity index (χ4n) is 6.36. The Morgan fingerprint density at radius 2 is 0.654 bits per heavy atom. The number of methoxy groups -OCH3 is 4. The van der Waals surface area contributed by atoms with Crippen LogP contribution in [0.3, 0.4) is 0 Å². The highest BCUT2D eigenvalue weighted by molar-refractivity contribution is 5.44. The van der Waals surface area contributed by atoms with Crippen molar-refractivity contribution in [1.29, 1.82) is 0 Å². The van der Waals surface area contributed by atoms with Crippen LogP contribution in [0.1, 0.15) is 22.3 Å². The van der Waals surface area contributed by atoms with Crippen molar-refractivity contribution in [2.24, 2.45) is 23.7 Å². The van der Waals surface area contributed by atoms with Gasteiger partial charge in [-0.2, -0.15) is 0 Å². The van der Waals surface area contributed by atoms with Crippen molar-refractivity contribution in [1.82, 2.24) is 0 Å². The second kappa shape index (κ2) is 19.7. The molecular weight excluding hydrogens is 672 g/mol. The van der Waals surface area contributed by atoms with Gasteiger partial charge in [0.05, 0.1) is 41.7 Å². The van der Waals surface area contributed by atoms with E-state index in [1.54, 1.807) is 72.8 Å². The first kappa shape index (κ1) is 39.9. The molecule has 0 aliphatic carbocycles. The molecule has 0 aliphatic heterocycles. The number of aliphatic hydroxyl groups is 2. The zero-order valence-corrected chi connectivity index (χ0v) is 30.0. The van der Waals surface area contributed by atoms with E-state index < -0.39 is 0 Å². The van der Waals surface area contributed by atoms with Gasteiger partial charge >= 0.3 is 0 Å². The second-order valence-corrected chi connectivity index (χ2v) is 12.8. The molecular formula is C40H50O12. The van der Waals surface area contributed by atoms with E-state index in [0.717, 1.165) is 22.3 Å². The number of benzene rings is 4. The minimum Gasteiger partial charge on any atom is -0.504 e. The molecule has 0 spiro atoms. The fourth-order valence-corrected chi connectivity index (χ4v) is 6.36. The van der Waals surface area contributed by atoms with Gasteiger partial charge in [-0.1, -0.05) is 24.3 Å². The van der Waals surface area contributed by atoms with Crippen LogP contribution in [-0.2, 0) is 35.5 Å². The van der Waals surface area contributed by atoms with Crippen molar-refractivity contribution in [2.45, 2.75) is 25.7 Å². The van der Waals surface area contributed by atoms with Gasteiger partial charge in [-0.3, -0.25) is 0 Å². The van der Waals surface area contributed by atoms with Gasteiger partial charge in [0.25, 0.3) is 0 Å². The van der Waals surface area contributed by atoms with Crippen LogP contribution in [0.2, 0.25) is 0 Å². The molecule has 0 aromatic heterocycles. The molecule has 4 rings (SSSR count). The predicted molar refractivity (Wildman–Crippen MR) is 193 cm³/mol. The zero-order chi connectivity index (χ0) is 37.6. The summed E-state index contributed by atoms with van der Waals surface area (Å²) in [6, 6.07) is 20.3. The lowest BCUT2D eigenvalue weighted by Crippen LogP contribution is -2.30. The molecule has 0 unspecified atom stereocenters. The summed E-state index contributed by atoms with van der Waals surface area (Å²) in [6.07, 6.45) is 1.81.